The SMILES string of the molecule is [3H][B]SOC[C@@H]1C[C@@H](O)CN1C(=O)OC(C)(C)C. The first kappa shape index (κ1) is 13.0. The molecule has 17 heavy (non-hydrogen) atoms. The van der Waals surface area contributed by atoms with E-state index in [1.54, 1.807) is 20.8 Å². The second-order valence-electron chi connectivity index (χ2n) is 5.06. The Kier molecular flexibility index (Phi) is 4.58. The van der Waals surface area contributed by atoms with Crippen LogP contribution in [0.15, 0.2) is 0 Å². The third-order valence-electron chi connectivity index (χ3n) is 2.35. The van der Waals surface area contributed by atoms with Crippen molar-refractivity contribution in [3.63, 3.8) is 0 Å². The topological polar surface area (TPSA) is 59.0 Å². The van der Waals surface area contributed by atoms with Crippen LogP contribution >= 0.6 is 11.9 Å². The molecule has 0 aromatic carbocycles. The van der Waals surface area contributed by atoms with Crippen molar-refractivity contribution in [3.8, 4) is 0 Å². The number of rotatable bonds is 4. The highest BCUT2D eigenvalue weighted by atomic mass is 32.2. The van der Waals surface area contributed by atoms with Gasteiger partial charge in [-0.2, -0.15) is 0 Å². The predicted molar refractivity (Wildman–Crippen MR) is 68.0 cm³/mol. The lowest BCUT2D eigenvalue weighted by Crippen LogP contribution is -2.41. The van der Waals surface area contributed by atoms with Crippen LogP contribution in [0.2, 0.25) is 0 Å². The molecule has 1 radical (unpaired) electrons. The minimum atomic E-state index is -0.556. The van der Waals surface area contributed by atoms with E-state index < -0.39 is 17.8 Å². The number of β-amino-alcohol motifs (C(OH)–C–C–N with tert-alkyl or cyclic N) is 1. The summed E-state index contributed by atoms with van der Waals surface area (Å²) in [5, 5.41) is 9.62. The molecule has 0 aliphatic carbocycles. The number of aliphatic hydroxyl groups is 1. The number of hydrogen-bond acceptors (Lipinski definition) is 5. The van der Waals surface area contributed by atoms with Gasteiger partial charge in [0.1, 0.15) is 5.60 Å². The van der Waals surface area contributed by atoms with Gasteiger partial charge in [0.15, 0.2) is 0 Å². The van der Waals surface area contributed by atoms with Crippen LogP contribution in [-0.2, 0) is 8.92 Å². The molecule has 1 aliphatic heterocycles. The first-order valence-electron chi connectivity index (χ1n) is 6.07. The van der Waals surface area contributed by atoms with Crippen LogP contribution < -0.4 is 0 Å². The highest BCUT2D eigenvalue weighted by Gasteiger charge is 2.36. The lowest BCUT2D eigenvalue weighted by atomic mass is 10.2. The van der Waals surface area contributed by atoms with E-state index in [0.717, 1.165) is 19.0 Å². The molecule has 0 aromatic heterocycles. The number of ether oxygens (including phenoxy) is 1. The Morgan fingerprint density at radius 3 is 3.00 bits per heavy atom. The smallest absolute Gasteiger partial charge is 0.410 e. The fourth-order valence-corrected chi connectivity index (χ4v) is 1.95. The number of amides is 1. The first-order valence-corrected chi connectivity index (χ1v) is 6.30. The highest BCUT2D eigenvalue weighted by molar-refractivity contribution is 8.15. The van der Waals surface area contributed by atoms with Gasteiger partial charge in [-0.05, 0) is 28.5 Å². The summed E-state index contributed by atoms with van der Waals surface area (Å²) in [6, 6.07) is -0.206. The molecule has 1 fully saturated rings. The zero-order valence-corrected chi connectivity index (χ0v) is 11.2. The van der Waals surface area contributed by atoms with Gasteiger partial charge in [-0.25, -0.2) is 4.79 Å². The van der Waals surface area contributed by atoms with Gasteiger partial charge in [0, 0.05) is 0 Å². The van der Waals surface area contributed by atoms with Crippen LogP contribution in [0.5, 0.6) is 0 Å². The van der Waals surface area contributed by atoms with Gasteiger partial charge in [0.2, 0.25) is 7.09 Å². The quantitative estimate of drug-likeness (QED) is 0.462. The van der Waals surface area contributed by atoms with Gasteiger partial charge in [0.25, 0.3) is 0 Å². The van der Waals surface area contributed by atoms with Gasteiger partial charge >= 0.3 is 6.09 Å². The Bertz CT molecular complexity index is 290. The molecule has 97 valence electrons. The van der Waals surface area contributed by atoms with Crippen molar-refractivity contribution in [2.24, 2.45) is 0 Å². The van der Waals surface area contributed by atoms with Gasteiger partial charge in [-0.3, -0.25) is 0 Å². The van der Waals surface area contributed by atoms with Crippen molar-refractivity contribution in [2.75, 3.05) is 13.2 Å². The second kappa shape index (κ2) is 5.97. The van der Waals surface area contributed by atoms with Crippen molar-refractivity contribution >= 4 is 25.1 Å². The van der Waals surface area contributed by atoms with Crippen molar-refractivity contribution < 1.29 is 18.8 Å². The van der Waals surface area contributed by atoms with Crippen LogP contribution in [0.3, 0.4) is 0 Å². The number of hydrogen-bond donors (Lipinski definition) is 1. The van der Waals surface area contributed by atoms with Crippen LogP contribution in [0, 0.1) is 0 Å². The molecule has 1 saturated heterocycles. The minimum absolute atomic E-state index is 0.206. The van der Waals surface area contributed by atoms with E-state index in [1.807, 2.05) is 0 Å². The van der Waals surface area contributed by atoms with Gasteiger partial charge in [-0.15, -0.1) is 0 Å². The maximum Gasteiger partial charge on any atom is 0.410 e. The van der Waals surface area contributed by atoms with E-state index in [-0.39, 0.29) is 19.2 Å². The van der Waals surface area contributed by atoms with Gasteiger partial charge < -0.3 is 18.9 Å². The summed E-state index contributed by atoms with van der Waals surface area (Å²) in [7, 11) is 1.07. The van der Waals surface area contributed by atoms with E-state index in [1.165, 1.54) is 4.90 Å². The molecule has 0 spiro atoms. The Balaban J connectivity index is 2.52. The molecule has 0 saturated carbocycles. The second-order valence-corrected chi connectivity index (χ2v) is 5.48. The van der Waals surface area contributed by atoms with Crippen molar-refractivity contribution in [1.29, 1.82) is 1.34 Å². The Labute approximate surface area is 109 Å². The number of carbonyl (C=O) groups is 1. The summed E-state index contributed by atoms with van der Waals surface area (Å²) < 4.78 is 17.2. The molecule has 7 heteroatoms. The molecule has 0 aromatic rings. The van der Waals surface area contributed by atoms with Crippen molar-refractivity contribution in [1.82, 2.24) is 4.90 Å². The van der Waals surface area contributed by atoms with Crippen LogP contribution in [0.4, 0.5) is 4.79 Å². The summed E-state index contributed by atoms with van der Waals surface area (Å²) in [6.45, 7) is 5.93. The van der Waals surface area contributed by atoms with E-state index in [0.29, 0.717) is 6.42 Å². The van der Waals surface area contributed by atoms with E-state index >= 15 is 0 Å². The predicted octanol–water partition coefficient (Wildman–Crippen LogP) is 0.837. The fourth-order valence-electron chi connectivity index (χ4n) is 1.71. The van der Waals surface area contributed by atoms with E-state index in [2.05, 4.69) is 0 Å². The van der Waals surface area contributed by atoms with Crippen molar-refractivity contribution in [2.45, 2.75) is 44.9 Å². The number of carbonyl (C=O) groups excluding carboxylic acids is 1. The summed E-state index contributed by atoms with van der Waals surface area (Å²) in [5.74, 6) is 0. The largest absolute Gasteiger partial charge is 0.444 e. The summed E-state index contributed by atoms with van der Waals surface area (Å²) in [6.07, 6.45) is -0.513. The average molecular weight is 262 g/mol. The highest BCUT2D eigenvalue weighted by Crippen LogP contribution is 2.22. The maximum absolute atomic E-state index is 11.9. The molecule has 1 rings (SSSR count). The molecule has 1 N–H and O–H groups in total. The summed E-state index contributed by atoms with van der Waals surface area (Å²) in [5.41, 5.74) is -0.556. The standard InChI is InChI=1S/C10H19BNO4S/c1-10(2,3)16-9(14)12-5-8(13)4-7(12)6-15-17-11/h7-8,11,13H,4-6H2,1-3H3/t7-,8+/m0/s1/i11T. The van der Waals surface area contributed by atoms with Crippen LogP contribution in [0.25, 0.3) is 0 Å². The Morgan fingerprint density at radius 1 is 1.71 bits per heavy atom. The molecule has 0 unspecified atom stereocenters. The third-order valence-corrected chi connectivity index (χ3v) is 2.62. The molecule has 5 nitrogen and oxygen atoms in total. The molecule has 0 bridgehead atoms. The number of aliphatic hydroxyl groups excluding tert-OH is 1. The first-order chi connectivity index (χ1) is 8.33. The molecule has 1 aliphatic rings. The molecule has 1 amide bonds. The van der Waals surface area contributed by atoms with Crippen molar-refractivity contribution in [3.05, 3.63) is 0 Å². The summed E-state index contributed by atoms with van der Waals surface area (Å²) in [4.78, 5) is 13.4. The summed E-state index contributed by atoms with van der Waals surface area (Å²) >= 11 is 0.904. The Hall–Kier alpha value is -0.395. The lowest BCUT2D eigenvalue weighted by molar-refractivity contribution is 0.0180. The molecular weight excluding hydrogens is 241 g/mol. The number of likely N-dealkylation sites (tertiary alicyclic amines) is 1. The molecular formula is C10H19BNO4S. The fraction of sp³-hybridized carbons (Fsp3) is 0.900. The number of nitrogens with zero attached hydrogens (tertiary/aromatic N) is 1. The van der Waals surface area contributed by atoms with E-state index in [9.17, 15) is 9.90 Å². The van der Waals surface area contributed by atoms with Crippen LogP contribution in [-0.4, -0.2) is 55.4 Å². The van der Waals surface area contributed by atoms with Gasteiger partial charge in [-0.1, -0.05) is 11.9 Å². The monoisotopic (exact) mass is 262 g/mol. The Morgan fingerprint density at radius 2 is 2.41 bits per heavy atom. The average Bonchev–Trinajstić information content (AvgIpc) is 2.58. The van der Waals surface area contributed by atoms with Crippen LogP contribution in [0.1, 0.15) is 27.2 Å². The molecule has 1 heterocycles. The third kappa shape index (κ3) is 4.77. The molecule has 2 atom stereocenters. The zero-order valence-electron chi connectivity index (χ0n) is 11.4. The zero-order chi connectivity index (χ0) is 13.8. The van der Waals surface area contributed by atoms with Gasteiger partial charge in [0.05, 0.1) is 25.3 Å². The maximum atomic E-state index is 11.9. The lowest BCUT2D eigenvalue weighted by Gasteiger charge is -2.28. The van der Waals surface area contributed by atoms with E-state index in [4.69, 9.17) is 10.3 Å². The normalized spacial score (nSPS) is 25.6. The minimum Gasteiger partial charge on any atom is -0.444 e.